The van der Waals surface area contributed by atoms with E-state index in [1.807, 2.05) is 10.9 Å². The molecule has 2 aromatic heterocycles. The normalized spacial score (nSPS) is 23.6. The third-order valence-corrected chi connectivity index (χ3v) is 4.87. The summed E-state index contributed by atoms with van der Waals surface area (Å²) in [6.07, 6.45) is 6.45. The number of hydrogen-bond donors (Lipinski definition) is 2. The van der Waals surface area contributed by atoms with Crippen molar-refractivity contribution >= 4 is 16.7 Å². The summed E-state index contributed by atoms with van der Waals surface area (Å²) >= 11 is 0. The molecular weight excluding hydrogens is 276 g/mol. The van der Waals surface area contributed by atoms with Crippen molar-refractivity contribution in [2.75, 3.05) is 5.73 Å². The molecular formula is C17H18N4O. The summed E-state index contributed by atoms with van der Waals surface area (Å²) in [6.45, 7) is 0. The van der Waals surface area contributed by atoms with Crippen LogP contribution in [0.2, 0.25) is 0 Å². The minimum absolute atomic E-state index is 0.0446. The number of rotatable bonds is 2. The van der Waals surface area contributed by atoms with E-state index >= 15 is 0 Å². The second-order valence-corrected chi connectivity index (χ2v) is 6.20. The van der Waals surface area contributed by atoms with Crippen LogP contribution in [-0.4, -0.2) is 14.8 Å². The third-order valence-electron chi connectivity index (χ3n) is 4.87. The van der Waals surface area contributed by atoms with Crippen molar-refractivity contribution in [3.8, 4) is 0 Å². The van der Waals surface area contributed by atoms with Gasteiger partial charge in [0.1, 0.15) is 11.9 Å². The molecule has 2 atom stereocenters. The van der Waals surface area contributed by atoms with Crippen LogP contribution in [0.3, 0.4) is 0 Å². The van der Waals surface area contributed by atoms with E-state index < -0.39 is 0 Å². The SMILES string of the molecule is Nc1c2c(nn1C1OC1c1cccc3[nH]ccc13)CCCC2. The predicted molar refractivity (Wildman–Crippen MR) is 84.4 cm³/mol. The first kappa shape index (κ1) is 12.3. The average Bonchev–Trinajstić information content (AvgIpc) is 3.04. The summed E-state index contributed by atoms with van der Waals surface area (Å²) in [7, 11) is 0. The molecule has 5 rings (SSSR count). The summed E-state index contributed by atoms with van der Waals surface area (Å²) in [4.78, 5) is 3.25. The summed E-state index contributed by atoms with van der Waals surface area (Å²) < 4.78 is 7.83. The maximum absolute atomic E-state index is 6.31. The summed E-state index contributed by atoms with van der Waals surface area (Å²) in [5.41, 5.74) is 11.1. The van der Waals surface area contributed by atoms with Gasteiger partial charge in [0.05, 0.1) is 5.69 Å². The molecule has 0 radical (unpaired) electrons. The molecule has 2 aliphatic rings. The van der Waals surface area contributed by atoms with E-state index in [0.717, 1.165) is 29.9 Å². The Kier molecular flexibility index (Phi) is 2.44. The fraction of sp³-hybridized carbons (Fsp3) is 0.353. The number of nitrogen functional groups attached to an aromatic ring is 1. The molecule has 1 aliphatic heterocycles. The molecule has 5 heteroatoms. The largest absolute Gasteiger partial charge is 0.384 e. The van der Waals surface area contributed by atoms with Crippen molar-refractivity contribution in [2.24, 2.45) is 0 Å². The minimum Gasteiger partial charge on any atom is -0.384 e. The van der Waals surface area contributed by atoms with Gasteiger partial charge in [-0.3, -0.25) is 0 Å². The number of fused-ring (bicyclic) bond motifs is 2. The molecule has 1 aromatic carbocycles. The van der Waals surface area contributed by atoms with Crippen LogP contribution in [0.1, 0.15) is 42.0 Å². The second kappa shape index (κ2) is 4.36. The predicted octanol–water partition coefficient (Wildman–Crippen LogP) is 3.10. The molecule has 5 nitrogen and oxygen atoms in total. The van der Waals surface area contributed by atoms with Crippen LogP contribution >= 0.6 is 0 Å². The van der Waals surface area contributed by atoms with Crippen LogP contribution in [0.25, 0.3) is 10.9 Å². The van der Waals surface area contributed by atoms with E-state index in [1.54, 1.807) is 0 Å². The Morgan fingerprint density at radius 2 is 2.14 bits per heavy atom. The monoisotopic (exact) mass is 294 g/mol. The molecule has 0 amide bonds. The highest BCUT2D eigenvalue weighted by molar-refractivity contribution is 5.83. The van der Waals surface area contributed by atoms with Crippen LogP contribution in [0, 0.1) is 0 Å². The molecule has 22 heavy (non-hydrogen) atoms. The van der Waals surface area contributed by atoms with E-state index in [9.17, 15) is 0 Å². The Morgan fingerprint density at radius 3 is 3.05 bits per heavy atom. The molecule has 0 saturated carbocycles. The van der Waals surface area contributed by atoms with Gasteiger partial charge in [0, 0.05) is 22.7 Å². The van der Waals surface area contributed by atoms with Crippen LogP contribution < -0.4 is 5.73 Å². The molecule has 0 bridgehead atoms. The summed E-state index contributed by atoms with van der Waals surface area (Å²) in [6, 6.07) is 8.36. The zero-order chi connectivity index (χ0) is 14.7. The van der Waals surface area contributed by atoms with Crippen molar-refractivity contribution in [1.29, 1.82) is 0 Å². The number of ether oxygens (including phenoxy) is 1. The van der Waals surface area contributed by atoms with Crippen LogP contribution in [0.4, 0.5) is 5.82 Å². The lowest BCUT2D eigenvalue weighted by Gasteiger charge is -2.08. The fourth-order valence-corrected chi connectivity index (χ4v) is 3.67. The fourth-order valence-electron chi connectivity index (χ4n) is 3.67. The lowest BCUT2D eigenvalue weighted by atomic mass is 9.98. The van der Waals surface area contributed by atoms with Crippen molar-refractivity contribution in [1.82, 2.24) is 14.8 Å². The summed E-state index contributed by atoms with van der Waals surface area (Å²) in [5, 5.41) is 5.93. The topological polar surface area (TPSA) is 72.2 Å². The number of epoxide rings is 1. The van der Waals surface area contributed by atoms with Crippen LogP contribution in [0.5, 0.6) is 0 Å². The molecule has 2 unspecified atom stereocenters. The smallest absolute Gasteiger partial charge is 0.183 e. The Bertz CT molecular complexity index is 863. The number of aromatic nitrogens is 3. The van der Waals surface area contributed by atoms with Gasteiger partial charge in [-0.1, -0.05) is 12.1 Å². The molecule has 1 saturated heterocycles. The number of aryl methyl sites for hydroxylation is 1. The van der Waals surface area contributed by atoms with Crippen molar-refractivity contribution in [3.63, 3.8) is 0 Å². The Morgan fingerprint density at radius 1 is 1.23 bits per heavy atom. The number of benzene rings is 1. The second-order valence-electron chi connectivity index (χ2n) is 6.20. The number of nitrogens with zero attached hydrogens (tertiary/aromatic N) is 2. The average molecular weight is 294 g/mol. The number of nitrogens with two attached hydrogens (primary N) is 1. The van der Waals surface area contributed by atoms with Crippen LogP contribution in [0.15, 0.2) is 30.5 Å². The lowest BCUT2D eigenvalue weighted by molar-refractivity contribution is 0.322. The molecule has 112 valence electrons. The van der Waals surface area contributed by atoms with Gasteiger partial charge in [0.2, 0.25) is 0 Å². The van der Waals surface area contributed by atoms with Gasteiger partial charge in [0.15, 0.2) is 6.23 Å². The molecule has 1 aliphatic carbocycles. The number of aromatic amines is 1. The number of H-pyrrole nitrogens is 1. The van der Waals surface area contributed by atoms with Gasteiger partial charge in [-0.15, -0.1) is 0 Å². The Labute approximate surface area is 128 Å². The molecule has 3 N–H and O–H groups in total. The highest BCUT2D eigenvalue weighted by Crippen LogP contribution is 2.50. The van der Waals surface area contributed by atoms with E-state index in [4.69, 9.17) is 15.6 Å². The van der Waals surface area contributed by atoms with E-state index in [2.05, 4.69) is 29.2 Å². The highest BCUT2D eigenvalue weighted by atomic mass is 16.6. The van der Waals surface area contributed by atoms with E-state index in [-0.39, 0.29) is 12.3 Å². The van der Waals surface area contributed by atoms with Crippen molar-refractivity contribution in [3.05, 3.63) is 47.3 Å². The number of anilines is 1. The van der Waals surface area contributed by atoms with Gasteiger partial charge in [0.25, 0.3) is 0 Å². The lowest BCUT2D eigenvalue weighted by Crippen LogP contribution is -2.05. The molecule has 3 heterocycles. The Hall–Kier alpha value is -2.27. The van der Waals surface area contributed by atoms with Crippen molar-refractivity contribution in [2.45, 2.75) is 38.0 Å². The quantitative estimate of drug-likeness (QED) is 0.713. The van der Waals surface area contributed by atoms with Crippen LogP contribution in [-0.2, 0) is 17.6 Å². The van der Waals surface area contributed by atoms with Gasteiger partial charge in [-0.25, -0.2) is 4.68 Å². The Balaban J connectivity index is 1.52. The van der Waals surface area contributed by atoms with Gasteiger partial charge in [-0.05, 0) is 43.4 Å². The zero-order valence-corrected chi connectivity index (χ0v) is 12.2. The maximum Gasteiger partial charge on any atom is 0.183 e. The standard InChI is InChI=1S/C17H18N4O/c18-16-12-4-1-2-6-14(12)20-21(16)17-15(22-17)11-5-3-7-13-10(11)8-9-19-13/h3,5,7-9,15,17,19H,1-2,4,6,18H2. The van der Waals surface area contributed by atoms with Crippen molar-refractivity contribution < 1.29 is 4.74 Å². The van der Waals surface area contributed by atoms with E-state index in [0.29, 0.717) is 0 Å². The number of nitrogens with one attached hydrogen (secondary N) is 1. The van der Waals surface area contributed by atoms with E-state index in [1.165, 1.54) is 29.4 Å². The molecule has 1 fully saturated rings. The van der Waals surface area contributed by atoms with Gasteiger partial charge in [-0.2, -0.15) is 5.10 Å². The third kappa shape index (κ3) is 1.66. The molecule has 0 spiro atoms. The highest BCUT2D eigenvalue weighted by Gasteiger charge is 2.45. The first-order valence-corrected chi connectivity index (χ1v) is 7.90. The first-order chi connectivity index (χ1) is 10.8. The van der Waals surface area contributed by atoms with Gasteiger partial charge < -0.3 is 15.5 Å². The number of hydrogen-bond acceptors (Lipinski definition) is 3. The first-order valence-electron chi connectivity index (χ1n) is 7.90. The van der Waals surface area contributed by atoms with Gasteiger partial charge >= 0.3 is 0 Å². The summed E-state index contributed by atoms with van der Waals surface area (Å²) in [5.74, 6) is 0.795. The zero-order valence-electron chi connectivity index (χ0n) is 12.2. The minimum atomic E-state index is -0.0638. The molecule has 3 aromatic rings. The maximum atomic E-state index is 6.31.